The lowest BCUT2D eigenvalue weighted by molar-refractivity contribution is -0.191. The molecule has 0 bridgehead atoms. The molecular formula is C11H22N2O2. The van der Waals surface area contributed by atoms with E-state index in [9.17, 15) is 0 Å². The first-order valence-electron chi connectivity index (χ1n) is 5.78. The minimum atomic E-state index is -0.276. The monoisotopic (exact) mass is 214 g/mol. The van der Waals surface area contributed by atoms with Crippen LogP contribution < -0.4 is 5.32 Å². The highest BCUT2D eigenvalue weighted by Crippen LogP contribution is 2.37. The average molecular weight is 214 g/mol. The van der Waals surface area contributed by atoms with Gasteiger partial charge in [-0.1, -0.05) is 0 Å². The van der Waals surface area contributed by atoms with E-state index in [-0.39, 0.29) is 5.79 Å². The normalized spacial score (nSPS) is 35.2. The molecule has 1 saturated heterocycles. The van der Waals surface area contributed by atoms with E-state index in [4.69, 9.17) is 9.47 Å². The zero-order valence-electron chi connectivity index (χ0n) is 9.95. The summed E-state index contributed by atoms with van der Waals surface area (Å²) in [5, 5.41) is 3.39. The highest BCUT2D eigenvalue weighted by atomic mass is 16.7. The highest BCUT2D eigenvalue weighted by molar-refractivity contribution is 4.94. The quantitative estimate of drug-likeness (QED) is 0.723. The summed E-state index contributed by atoms with van der Waals surface area (Å²) >= 11 is 0. The molecule has 1 aliphatic carbocycles. The van der Waals surface area contributed by atoms with E-state index in [1.54, 1.807) is 0 Å². The van der Waals surface area contributed by atoms with Crippen LogP contribution in [0.1, 0.15) is 19.3 Å². The van der Waals surface area contributed by atoms with Crippen molar-refractivity contribution in [2.24, 2.45) is 0 Å². The van der Waals surface area contributed by atoms with Gasteiger partial charge in [-0.25, -0.2) is 0 Å². The maximum Gasteiger partial charge on any atom is 0.170 e. The van der Waals surface area contributed by atoms with Gasteiger partial charge in [-0.2, -0.15) is 0 Å². The van der Waals surface area contributed by atoms with Crippen molar-refractivity contribution in [3.05, 3.63) is 0 Å². The van der Waals surface area contributed by atoms with E-state index in [1.165, 1.54) is 0 Å². The summed E-state index contributed by atoms with van der Waals surface area (Å²) in [6.45, 7) is 1.51. The lowest BCUT2D eigenvalue weighted by atomic mass is 9.85. The van der Waals surface area contributed by atoms with Crippen molar-refractivity contribution in [3.63, 3.8) is 0 Å². The van der Waals surface area contributed by atoms with Crippen molar-refractivity contribution in [3.8, 4) is 0 Å². The number of hydrogen-bond acceptors (Lipinski definition) is 4. The first-order chi connectivity index (χ1) is 7.17. The van der Waals surface area contributed by atoms with Gasteiger partial charge in [-0.05, 0) is 27.6 Å². The number of hydrogen-bond donors (Lipinski definition) is 1. The van der Waals surface area contributed by atoms with Gasteiger partial charge in [0.15, 0.2) is 5.79 Å². The number of rotatable bonds is 2. The Bertz CT molecular complexity index is 215. The Morgan fingerprint density at radius 3 is 2.47 bits per heavy atom. The van der Waals surface area contributed by atoms with Crippen LogP contribution in [0.4, 0.5) is 0 Å². The Hall–Kier alpha value is -0.160. The van der Waals surface area contributed by atoms with Crippen LogP contribution in [-0.2, 0) is 9.47 Å². The molecule has 2 rings (SSSR count). The van der Waals surface area contributed by atoms with Gasteiger partial charge < -0.3 is 19.7 Å². The minimum Gasteiger partial charge on any atom is -0.347 e. The molecule has 0 aromatic carbocycles. The molecule has 0 aromatic heterocycles. The molecule has 1 saturated carbocycles. The van der Waals surface area contributed by atoms with E-state index in [2.05, 4.69) is 24.3 Å². The summed E-state index contributed by atoms with van der Waals surface area (Å²) in [6.07, 6.45) is 3.12. The van der Waals surface area contributed by atoms with Crippen LogP contribution in [0.25, 0.3) is 0 Å². The van der Waals surface area contributed by atoms with Crippen LogP contribution in [-0.4, -0.2) is 57.1 Å². The second-order valence-electron chi connectivity index (χ2n) is 4.78. The van der Waals surface area contributed by atoms with Crippen LogP contribution in [0.3, 0.4) is 0 Å². The molecule has 15 heavy (non-hydrogen) atoms. The Morgan fingerprint density at radius 2 is 1.93 bits per heavy atom. The molecule has 2 aliphatic rings. The molecule has 1 N–H and O–H groups in total. The lowest BCUT2D eigenvalue weighted by Gasteiger charge is -2.43. The van der Waals surface area contributed by atoms with Gasteiger partial charge in [0.25, 0.3) is 0 Å². The molecule has 0 amide bonds. The number of nitrogens with one attached hydrogen (secondary N) is 1. The summed E-state index contributed by atoms with van der Waals surface area (Å²) in [6, 6.07) is 1.06. The molecule has 1 heterocycles. The standard InChI is InChI=1S/C11H22N2O2/c1-12-9-4-5-11(14-6-7-15-11)8-10(9)13(2)3/h9-10,12H,4-8H2,1-3H3/t9-,10-/m1/s1. The Morgan fingerprint density at radius 1 is 1.27 bits per heavy atom. The molecule has 0 radical (unpaired) electrons. The Labute approximate surface area is 91.9 Å². The molecule has 2 fully saturated rings. The molecule has 1 aliphatic heterocycles. The van der Waals surface area contributed by atoms with E-state index < -0.39 is 0 Å². The van der Waals surface area contributed by atoms with Gasteiger partial charge in [0.2, 0.25) is 0 Å². The maximum atomic E-state index is 5.78. The van der Waals surface area contributed by atoms with Crippen molar-refractivity contribution in [1.82, 2.24) is 10.2 Å². The first-order valence-corrected chi connectivity index (χ1v) is 5.78. The molecule has 2 atom stereocenters. The minimum absolute atomic E-state index is 0.276. The van der Waals surface area contributed by atoms with Crippen molar-refractivity contribution in [1.29, 1.82) is 0 Å². The lowest BCUT2D eigenvalue weighted by Crippen LogP contribution is -2.55. The van der Waals surface area contributed by atoms with Gasteiger partial charge in [0.05, 0.1) is 13.2 Å². The highest BCUT2D eigenvalue weighted by Gasteiger charge is 2.45. The summed E-state index contributed by atoms with van der Waals surface area (Å²) in [5.41, 5.74) is 0. The summed E-state index contributed by atoms with van der Waals surface area (Å²) in [4.78, 5) is 2.27. The Kier molecular flexibility index (Phi) is 3.30. The van der Waals surface area contributed by atoms with E-state index >= 15 is 0 Å². The van der Waals surface area contributed by atoms with Crippen LogP contribution >= 0.6 is 0 Å². The third-order valence-corrected chi connectivity index (χ3v) is 3.67. The van der Waals surface area contributed by atoms with Crippen LogP contribution in [0.5, 0.6) is 0 Å². The predicted molar refractivity (Wildman–Crippen MR) is 58.8 cm³/mol. The summed E-state index contributed by atoms with van der Waals surface area (Å²) < 4.78 is 11.6. The van der Waals surface area contributed by atoms with Gasteiger partial charge in [0, 0.05) is 24.9 Å². The topological polar surface area (TPSA) is 33.7 Å². The number of likely N-dealkylation sites (N-methyl/N-ethyl adjacent to an activating group) is 2. The zero-order chi connectivity index (χ0) is 10.9. The first kappa shape index (κ1) is 11.3. The third-order valence-electron chi connectivity index (χ3n) is 3.67. The zero-order valence-corrected chi connectivity index (χ0v) is 9.95. The van der Waals surface area contributed by atoms with Crippen molar-refractivity contribution in [2.45, 2.75) is 37.1 Å². The SMILES string of the molecule is CN[C@@H]1CCC2(C[C@H]1N(C)C)OCCO2. The van der Waals surface area contributed by atoms with Gasteiger partial charge in [-0.3, -0.25) is 0 Å². The molecule has 4 nitrogen and oxygen atoms in total. The summed E-state index contributed by atoms with van der Waals surface area (Å²) in [5.74, 6) is -0.276. The van der Waals surface area contributed by atoms with E-state index in [0.717, 1.165) is 32.5 Å². The van der Waals surface area contributed by atoms with Crippen LogP contribution in [0, 0.1) is 0 Å². The van der Waals surface area contributed by atoms with Gasteiger partial charge in [-0.15, -0.1) is 0 Å². The molecule has 1 spiro atoms. The van der Waals surface area contributed by atoms with E-state index in [1.807, 2.05) is 7.05 Å². The maximum absolute atomic E-state index is 5.78. The average Bonchev–Trinajstić information content (AvgIpc) is 2.66. The van der Waals surface area contributed by atoms with Gasteiger partial charge in [0.1, 0.15) is 0 Å². The second-order valence-corrected chi connectivity index (χ2v) is 4.78. The number of nitrogens with zero attached hydrogens (tertiary/aromatic N) is 1. The molecule has 0 unspecified atom stereocenters. The predicted octanol–water partition coefficient (Wildman–Crippen LogP) is 0.432. The second kappa shape index (κ2) is 4.37. The molecular weight excluding hydrogens is 192 g/mol. The molecule has 4 heteroatoms. The van der Waals surface area contributed by atoms with Gasteiger partial charge >= 0.3 is 0 Å². The fourth-order valence-electron chi connectivity index (χ4n) is 2.77. The fraction of sp³-hybridized carbons (Fsp3) is 1.00. The Balaban J connectivity index is 2.05. The van der Waals surface area contributed by atoms with Crippen molar-refractivity contribution in [2.75, 3.05) is 34.4 Å². The fourth-order valence-corrected chi connectivity index (χ4v) is 2.77. The van der Waals surface area contributed by atoms with Crippen LogP contribution in [0.15, 0.2) is 0 Å². The third kappa shape index (κ3) is 2.18. The molecule has 88 valence electrons. The number of ether oxygens (including phenoxy) is 2. The largest absolute Gasteiger partial charge is 0.347 e. The summed E-state index contributed by atoms with van der Waals surface area (Å²) in [7, 11) is 6.29. The smallest absolute Gasteiger partial charge is 0.170 e. The van der Waals surface area contributed by atoms with E-state index in [0.29, 0.717) is 12.1 Å². The molecule has 0 aromatic rings. The van der Waals surface area contributed by atoms with Crippen LogP contribution in [0.2, 0.25) is 0 Å². The van der Waals surface area contributed by atoms with Crippen molar-refractivity contribution >= 4 is 0 Å². The van der Waals surface area contributed by atoms with Crippen molar-refractivity contribution < 1.29 is 9.47 Å².